The molecule has 0 spiro atoms. The van der Waals surface area contributed by atoms with E-state index in [0.29, 0.717) is 21.7 Å². The van der Waals surface area contributed by atoms with Crippen LogP contribution >= 0.6 is 11.6 Å². The summed E-state index contributed by atoms with van der Waals surface area (Å²) < 4.78 is 35.1. The Labute approximate surface area is 149 Å². The van der Waals surface area contributed by atoms with Crippen LogP contribution in [-0.4, -0.2) is 15.5 Å². The number of rotatable bonds is 4. The molecule has 0 aliphatic heterocycles. The Kier molecular flexibility index (Phi) is 4.65. The topological polar surface area (TPSA) is 73.6 Å². The zero-order valence-electron chi connectivity index (χ0n) is 13.1. The average Bonchev–Trinajstić information content (AvgIpc) is 2.60. The smallest absolute Gasteiger partial charge is 0.355 e. The molecule has 0 unspecified atom stereocenters. The first-order valence-corrected chi connectivity index (χ1v) is 9.12. The number of methoxy groups -OCH3 is 1. The highest BCUT2D eigenvalue weighted by atomic mass is 35.5. The lowest BCUT2D eigenvalue weighted by Gasteiger charge is -2.02. The molecule has 1 aromatic heterocycles. The molecule has 5 nitrogen and oxygen atoms in total. The van der Waals surface area contributed by atoms with Gasteiger partial charge in [-0.2, -0.15) is 0 Å². The van der Waals surface area contributed by atoms with Gasteiger partial charge in [0.05, 0.1) is 7.11 Å². The highest BCUT2D eigenvalue weighted by molar-refractivity contribution is 7.94. The van der Waals surface area contributed by atoms with E-state index in [0.717, 1.165) is 5.41 Å². The Morgan fingerprint density at radius 1 is 1.08 bits per heavy atom. The summed E-state index contributed by atoms with van der Waals surface area (Å²) in [7, 11) is -2.43. The average molecular weight is 377 g/mol. The number of ether oxygens (including phenoxy) is 1. The van der Waals surface area contributed by atoms with E-state index in [1.165, 1.54) is 24.3 Å². The van der Waals surface area contributed by atoms with Gasteiger partial charge in [-0.15, -0.1) is 0 Å². The van der Waals surface area contributed by atoms with Gasteiger partial charge >= 0.3 is 5.63 Å². The number of hydrogen-bond donors (Lipinski definition) is 0. The fraction of sp³-hybridized carbons (Fsp3) is 0.0556. The number of benzene rings is 2. The second-order valence-corrected chi connectivity index (χ2v) is 7.44. The first-order valence-electron chi connectivity index (χ1n) is 7.20. The Morgan fingerprint density at radius 2 is 1.80 bits per heavy atom. The van der Waals surface area contributed by atoms with Crippen molar-refractivity contribution in [1.29, 1.82) is 0 Å². The van der Waals surface area contributed by atoms with E-state index in [1.54, 1.807) is 37.4 Å². The van der Waals surface area contributed by atoms with E-state index in [1.807, 2.05) is 0 Å². The lowest BCUT2D eigenvalue weighted by Crippen LogP contribution is -2.11. The van der Waals surface area contributed by atoms with Crippen LogP contribution in [0.25, 0.3) is 17.0 Å². The quantitative estimate of drug-likeness (QED) is 0.645. The molecule has 2 aromatic carbocycles. The van der Waals surface area contributed by atoms with Gasteiger partial charge in [0.2, 0.25) is 9.84 Å². The molecular weight excluding hydrogens is 364 g/mol. The number of hydrogen-bond acceptors (Lipinski definition) is 5. The van der Waals surface area contributed by atoms with Gasteiger partial charge in [-0.1, -0.05) is 23.7 Å². The molecule has 0 bridgehead atoms. The second kappa shape index (κ2) is 6.74. The lowest BCUT2D eigenvalue weighted by molar-refractivity contribution is 0.415. The molecule has 0 atom stereocenters. The Balaban J connectivity index is 2.01. The molecule has 3 aromatic rings. The van der Waals surface area contributed by atoms with Crippen LogP contribution in [0, 0.1) is 0 Å². The maximum Gasteiger partial charge on any atom is 0.355 e. The van der Waals surface area contributed by atoms with Crippen molar-refractivity contribution in [3.63, 3.8) is 0 Å². The summed E-state index contributed by atoms with van der Waals surface area (Å²) >= 11 is 5.90. The van der Waals surface area contributed by atoms with E-state index in [-0.39, 0.29) is 5.58 Å². The maximum atomic E-state index is 12.5. The van der Waals surface area contributed by atoms with Crippen LogP contribution < -0.4 is 10.4 Å². The predicted octanol–water partition coefficient (Wildman–Crippen LogP) is 3.90. The van der Waals surface area contributed by atoms with Crippen LogP contribution in [0.4, 0.5) is 0 Å². The lowest BCUT2D eigenvalue weighted by atomic mass is 10.2. The van der Waals surface area contributed by atoms with Crippen LogP contribution in [0.3, 0.4) is 0 Å². The van der Waals surface area contributed by atoms with Crippen molar-refractivity contribution in [3.8, 4) is 5.75 Å². The first kappa shape index (κ1) is 17.3. The SMILES string of the molecule is COc1ccc(C=CS(=O)(=O)c2cc3cc(Cl)ccc3oc2=O)cc1. The highest BCUT2D eigenvalue weighted by Gasteiger charge is 2.18. The van der Waals surface area contributed by atoms with Gasteiger partial charge in [0, 0.05) is 15.8 Å². The van der Waals surface area contributed by atoms with Gasteiger partial charge in [0.25, 0.3) is 0 Å². The second-order valence-electron chi connectivity index (χ2n) is 5.20. The predicted molar refractivity (Wildman–Crippen MR) is 96.7 cm³/mol. The van der Waals surface area contributed by atoms with Crippen molar-refractivity contribution in [3.05, 3.63) is 74.9 Å². The van der Waals surface area contributed by atoms with Crippen molar-refractivity contribution in [2.45, 2.75) is 4.90 Å². The zero-order chi connectivity index (χ0) is 18.0. The zero-order valence-corrected chi connectivity index (χ0v) is 14.7. The van der Waals surface area contributed by atoms with Crippen LogP contribution in [0.1, 0.15) is 5.56 Å². The molecule has 0 N–H and O–H groups in total. The van der Waals surface area contributed by atoms with Gasteiger partial charge in [-0.25, -0.2) is 13.2 Å². The highest BCUT2D eigenvalue weighted by Crippen LogP contribution is 2.21. The van der Waals surface area contributed by atoms with Crippen molar-refractivity contribution in [1.82, 2.24) is 0 Å². The largest absolute Gasteiger partial charge is 0.497 e. The minimum absolute atomic E-state index is 0.271. The van der Waals surface area contributed by atoms with Gasteiger partial charge in [0.1, 0.15) is 11.3 Å². The molecule has 0 aliphatic rings. The van der Waals surface area contributed by atoms with Gasteiger partial charge < -0.3 is 9.15 Å². The first-order chi connectivity index (χ1) is 11.9. The monoisotopic (exact) mass is 376 g/mol. The summed E-state index contributed by atoms with van der Waals surface area (Å²) in [6, 6.07) is 12.7. The van der Waals surface area contributed by atoms with Gasteiger partial charge in [0.15, 0.2) is 4.90 Å². The molecule has 0 aliphatic carbocycles. The molecule has 0 saturated carbocycles. The summed E-state index contributed by atoms with van der Waals surface area (Å²) in [5.41, 5.74) is -0.000663. The summed E-state index contributed by atoms with van der Waals surface area (Å²) in [6.07, 6.45) is 1.40. The molecule has 0 amide bonds. The molecule has 0 fully saturated rings. The summed E-state index contributed by atoms with van der Waals surface area (Å²) in [5, 5.41) is 1.82. The van der Waals surface area contributed by atoms with Crippen molar-refractivity contribution < 1.29 is 17.6 Å². The van der Waals surface area contributed by atoms with Crippen molar-refractivity contribution >= 4 is 38.5 Å². The van der Waals surface area contributed by atoms with Crippen molar-refractivity contribution in [2.75, 3.05) is 7.11 Å². The number of halogens is 1. The molecule has 128 valence electrons. The molecule has 7 heteroatoms. The van der Waals surface area contributed by atoms with Crippen LogP contribution in [-0.2, 0) is 9.84 Å². The minimum atomic E-state index is -3.97. The van der Waals surface area contributed by atoms with Crippen LogP contribution in [0.15, 0.2) is 68.0 Å². The molecule has 25 heavy (non-hydrogen) atoms. The van der Waals surface area contributed by atoms with Gasteiger partial charge in [-0.05, 0) is 48.0 Å². The Bertz CT molecular complexity index is 1110. The van der Waals surface area contributed by atoms with E-state index in [4.69, 9.17) is 20.8 Å². The fourth-order valence-corrected chi connectivity index (χ4v) is 3.46. The Morgan fingerprint density at radius 3 is 2.48 bits per heavy atom. The molecule has 3 rings (SSSR count). The maximum absolute atomic E-state index is 12.5. The summed E-state index contributed by atoms with van der Waals surface area (Å²) in [5.74, 6) is 0.659. The molecule has 0 saturated heterocycles. The summed E-state index contributed by atoms with van der Waals surface area (Å²) in [6.45, 7) is 0. The fourth-order valence-electron chi connectivity index (χ4n) is 2.23. The van der Waals surface area contributed by atoms with Crippen LogP contribution in [0.5, 0.6) is 5.75 Å². The van der Waals surface area contributed by atoms with E-state index >= 15 is 0 Å². The van der Waals surface area contributed by atoms with Crippen molar-refractivity contribution in [2.24, 2.45) is 0 Å². The van der Waals surface area contributed by atoms with Crippen LogP contribution in [0.2, 0.25) is 5.02 Å². The number of fused-ring (bicyclic) bond motifs is 1. The minimum Gasteiger partial charge on any atom is -0.497 e. The van der Waals surface area contributed by atoms with E-state index in [2.05, 4.69) is 0 Å². The summed E-state index contributed by atoms with van der Waals surface area (Å²) in [4.78, 5) is 11.6. The third-order valence-electron chi connectivity index (χ3n) is 3.52. The molecular formula is C18H13ClO5S. The third kappa shape index (κ3) is 3.75. The third-order valence-corrected chi connectivity index (χ3v) is 5.15. The number of sulfone groups is 1. The van der Waals surface area contributed by atoms with E-state index < -0.39 is 20.4 Å². The standard InChI is InChI=1S/C18H13ClO5S/c1-23-15-5-2-12(3-6-15)8-9-25(21,22)17-11-13-10-14(19)4-7-16(13)24-18(17)20/h2-11H,1H3. The molecule has 0 radical (unpaired) electrons. The Hall–Kier alpha value is -2.57. The van der Waals surface area contributed by atoms with E-state index in [9.17, 15) is 13.2 Å². The normalized spacial score (nSPS) is 11.9. The molecule has 1 heterocycles. The van der Waals surface area contributed by atoms with Gasteiger partial charge in [-0.3, -0.25) is 0 Å².